The summed E-state index contributed by atoms with van der Waals surface area (Å²) in [4.78, 5) is 4.73. The first kappa shape index (κ1) is 20.9. The van der Waals surface area contributed by atoms with Gasteiger partial charge in [-0.25, -0.2) is 4.98 Å². The second kappa shape index (κ2) is 9.23. The molecule has 160 valence electrons. The summed E-state index contributed by atoms with van der Waals surface area (Å²) in [7, 11) is 0. The van der Waals surface area contributed by atoms with Crippen LogP contribution in [-0.4, -0.2) is 27.4 Å². The van der Waals surface area contributed by atoms with E-state index in [4.69, 9.17) is 14.5 Å². The van der Waals surface area contributed by atoms with Gasteiger partial charge in [-0.15, -0.1) is 0 Å². The Hall–Kier alpha value is -3.31. The van der Waals surface area contributed by atoms with Crippen LogP contribution >= 0.6 is 0 Å². The Labute approximate surface area is 182 Å². The van der Waals surface area contributed by atoms with Crippen LogP contribution in [0, 0.1) is 20.8 Å². The monoisotopic (exact) mass is 416 g/mol. The summed E-state index contributed by atoms with van der Waals surface area (Å²) in [5.41, 5.74) is 5.29. The lowest BCUT2D eigenvalue weighted by atomic mass is 10.1. The number of aryl methyl sites for hydroxylation is 3. The summed E-state index contributed by atoms with van der Waals surface area (Å²) >= 11 is 0. The molecule has 1 heterocycles. The maximum absolute atomic E-state index is 10.7. The topological polar surface area (TPSA) is 56.5 Å². The number of hydrogen-bond donors (Lipinski definition) is 1. The maximum Gasteiger partial charge on any atom is 0.148 e. The van der Waals surface area contributed by atoms with Crippen LogP contribution in [0.3, 0.4) is 0 Å². The first-order valence-corrected chi connectivity index (χ1v) is 10.5. The molecule has 0 aliphatic carbocycles. The number of ether oxygens (including phenoxy) is 2. The lowest BCUT2D eigenvalue weighted by molar-refractivity contribution is 0.0914. The van der Waals surface area contributed by atoms with Crippen molar-refractivity contribution >= 4 is 11.0 Å². The molecule has 0 bridgehead atoms. The van der Waals surface area contributed by atoms with E-state index in [1.54, 1.807) is 0 Å². The second-order valence-electron chi connectivity index (χ2n) is 7.96. The van der Waals surface area contributed by atoms with Crippen LogP contribution in [0.25, 0.3) is 11.0 Å². The molecule has 0 radical (unpaired) electrons. The fraction of sp³-hybridized carbons (Fsp3) is 0.269. The molecule has 31 heavy (non-hydrogen) atoms. The highest BCUT2D eigenvalue weighted by atomic mass is 16.5. The second-order valence-corrected chi connectivity index (χ2v) is 7.96. The van der Waals surface area contributed by atoms with Gasteiger partial charge in [-0.05, 0) is 56.7 Å². The van der Waals surface area contributed by atoms with Gasteiger partial charge in [0.15, 0.2) is 0 Å². The van der Waals surface area contributed by atoms with Crippen LogP contribution in [0.15, 0.2) is 66.7 Å². The van der Waals surface area contributed by atoms with Gasteiger partial charge >= 0.3 is 0 Å². The summed E-state index contributed by atoms with van der Waals surface area (Å²) in [5, 5.41) is 10.7. The molecular formula is C26H28N2O3. The Kier molecular flexibility index (Phi) is 6.23. The molecule has 1 aromatic heterocycles. The molecule has 0 saturated carbocycles. The average molecular weight is 417 g/mol. The van der Waals surface area contributed by atoms with E-state index in [0.29, 0.717) is 13.2 Å². The summed E-state index contributed by atoms with van der Waals surface area (Å²) < 4.78 is 13.9. The normalized spacial score (nSPS) is 12.1. The van der Waals surface area contributed by atoms with Crippen LogP contribution in [0.1, 0.15) is 22.5 Å². The number of fused-ring (bicyclic) bond motifs is 1. The maximum atomic E-state index is 10.7. The van der Waals surface area contributed by atoms with Crippen LogP contribution in [0.5, 0.6) is 11.5 Å². The molecule has 0 aliphatic rings. The van der Waals surface area contributed by atoms with Gasteiger partial charge in [0.25, 0.3) is 0 Å². The van der Waals surface area contributed by atoms with Crippen molar-refractivity contribution < 1.29 is 14.6 Å². The number of benzene rings is 3. The highest BCUT2D eigenvalue weighted by molar-refractivity contribution is 5.75. The molecule has 0 amide bonds. The van der Waals surface area contributed by atoms with Crippen molar-refractivity contribution in [2.24, 2.45) is 0 Å². The SMILES string of the molecule is Cc1ccc(OCc2nc3ccccc3n2C[C@@H](O)COc2ccc(C)cc2C)cc1. The Morgan fingerprint density at radius 2 is 1.65 bits per heavy atom. The molecule has 0 spiro atoms. The molecule has 1 atom stereocenters. The van der Waals surface area contributed by atoms with Crippen molar-refractivity contribution in [3.05, 3.63) is 89.2 Å². The Morgan fingerprint density at radius 1 is 0.903 bits per heavy atom. The van der Waals surface area contributed by atoms with Gasteiger partial charge in [-0.3, -0.25) is 0 Å². The van der Waals surface area contributed by atoms with Crippen molar-refractivity contribution in [1.82, 2.24) is 9.55 Å². The van der Waals surface area contributed by atoms with E-state index in [-0.39, 0.29) is 6.61 Å². The Morgan fingerprint density at radius 3 is 2.42 bits per heavy atom. The van der Waals surface area contributed by atoms with Gasteiger partial charge in [0, 0.05) is 0 Å². The predicted octanol–water partition coefficient (Wildman–Crippen LogP) is 4.98. The number of imidazole rings is 1. The molecule has 0 saturated heterocycles. The number of aromatic nitrogens is 2. The van der Waals surface area contributed by atoms with Gasteiger partial charge < -0.3 is 19.1 Å². The van der Waals surface area contributed by atoms with Crippen LogP contribution in [0.4, 0.5) is 0 Å². The highest BCUT2D eigenvalue weighted by Gasteiger charge is 2.16. The minimum absolute atomic E-state index is 0.203. The van der Waals surface area contributed by atoms with E-state index in [9.17, 15) is 5.11 Å². The smallest absolute Gasteiger partial charge is 0.148 e. The van der Waals surface area contributed by atoms with Gasteiger partial charge in [0.2, 0.25) is 0 Å². The molecule has 0 unspecified atom stereocenters. The van der Waals surface area contributed by atoms with E-state index in [1.807, 2.05) is 79.1 Å². The third-order valence-corrected chi connectivity index (χ3v) is 5.28. The zero-order chi connectivity index (χ0) is 21.8. The minimum Gasteiger partial charge on any atom is -0.491 e. The quantitative estimate of drug-likeness (QED) is 0.440. The van der Waals surface area contributed by atoms with Crippen LogP contribution in [0.2, 0.25) is 0 Å². The fourth-order valence-corrected chi connectivity index (χ4v) is 3.63. The molecule has 4 aromatic rings. The lowest BCUT2D eigenvalue weighted by Crippen LogP contribution is -2.25. The van der Waals surface area contributed by atoms with E-state index >= 15 is 0 Å². The Bertz CT molecular complexity index is 1170. The van der Waals surface area contributed by atoms with E-state index in [2.05, 4.69) is 13.0 Å². The third-order valence-electron chi connectivity index (χ3n) is 5.28. The van der Waals surface area contributed by atoms with Gasteiger partial charge in [-0.1, -0.05) is 47.5 Å². The van der Waals surface area contributed by atoms with Crippen molar-refractivity contribution in [3.8, 4) is 11.5 Å². The minimum atomic E-state index is -0.684. The summed E-state index contributed by atoms with van der Waals surface area (Å²) in [5.74, 6) is 2.36. The highest BCUT2D eigenvalue weighted by Crippen LogP contribution is 2.21. The molecule has 5 nitrogen and oxygen atoms in total. The van der Waals surface area contributed by atoms with Gasteiger partial charge in [0.05, 0.1) is 17.6 Å². The largest absolute Gasteiger partial charge is 0.491 e. The summed E-state index contributed by atoms with van der Waals surface area (Å²) in [6, 6.07) is 21.9. The summed E-state index contributed by atoms with van der Waals surface area (Å²) in [6.07, 6.45) is -0.684. The number of hydrogen-bond acceptors (Lipinski definition) is 4. The number of aliphatic hydroxyl groups is 1. The van der Waals surface area contributed by atoms with Gasteiger partial charge in [0.1, 0.15) is 36.6 Å². The number of rotatable bonds is 8. The zero-order valence-corrected chi connectivity index (χ0v) is 18.2. The first-order chi connectivity index (χ1) is 15.0. The van der Waals surface area contributed by atoms with Crippen molar-refractivity contribution in [2.45, 2.75) is 40.0 Å². The van der Waals surface area contributed by atoms with Crippen LogP contribution < -0.4 is 9.47 Å². The van der Waals surface area contributed by atoms with E-state index < -0.39 is 6.10 Å². The first-order valence-electron chi connectivity index (χ1n) is 10.5. The van der Waals surface area contributed by atoms with Crippen LogP contribution in [-0.2, 0) is 13.2 Å². The molecule has 0 aliphatic heterocycles. The molecule has 3 aromatic carbocycles. The number of nitrogens with zero attached hydrogens (tertiary/aromatic N) is 2. The molecule has 5 heteroatoms. The standard InChI is InChI=1S/C26H28N2O3/c1-18-8-11-22(12-9-18)30-17-26-27-23-6-4-5-7-24(23)28(26)15-21(29)16-31-25-13-10-19(2)14-20(25)3/h4-14,21,29H,15-17H2,1-3H3/t21-/m1/s1. The van der Waals surface area contributed by atoms with Crippen molar-refractivity contribution in [3.63, 3.8) is 0 Å². The third kappa shape index (κ3) is 5.06. The Balaban J connectivity index is 1.48. The zero-order valence-electron chi connectivity index (χ0n) is 18.2. The average Bonchev–Trinajstić information content (AvgIpc) is 3.10. The van der Waals surface area contributed by atoms with E-state index in [1.165, 1.54) is 11.1 Å². The molecular weight excluding hydrogens is 388 g/mol. The fourth-order valence-electron chi connectivity index (χ4n) is 3.63. The number of aliphatic hydroxyl groups excluding tert-OH is 1. The van der Waals surface area contributed by atoms with Crippen molar-refractivity contribution in [1.29, 1.82) is 0 Å². The summed E-state index contributed by atoms with van der Waals surface area (Å²) in [6.45, 7) is 7.01. The molecule has 4 rings (SSSR count). The molecule has 0 fully saturated rings. The molecule has 1 N–H and O–H groups in total. The lowest BCUT2D eigenvalue weighted by Gasteiger charge is -2.17. The number of para-hydroxylation sites is 2. The van der Waals surface area contributed by atoms with Gasteiger partial charge in [-0.2, -0.15) is 0 Å². The van der Waals surface area contributed by atoms with Crippen molar-refractivity contribution in [2.75, 3.05) is 6.61 Å². The predicted molar refractivity (Wildman–Crippen MR) is 123 cm³/mol. The van der Waals surface area contributed by atoms with E-state index in [0.717, 1.165) is 33.9 Å².